The molecule has 0 aliphatic carbocycles. The van der Waals surface area contributed by atoms with Crippen LogP contribution in [0.4, 0.5) is 4.39 Å². The third-order valence-corrected chi connectivity index (χ3v) is 6.14. The van der Waals surface area contributed by atoms with Crippen molar-refractivity contribution in [3.63, 3.8) is 0 Å². The van der Waals surface area contributed by atoms with E-state index in [1.54, 1.807) is 7.11 Å². The number of halogens is 1. The lowest BCUT2D eigenvalue weighted by atomic mass is 10.2. The Morgan fingerprint density at radius 3 is 2.71 bits per heavy atom. The first-order valence-corrected chi connectivity index (χ1v) is 8.95. The van der Waals surface area contributed by atoms with Gasteiger partial charge in [0.2, 0.25) is 10.0 Å². The quantitative estimate of drug-likeness (QED) is 0.903. The van der Waals surface area contributed by atoms with Gasteiger partial charge in [-0.1, -0.05) is 0 Å². The smallest absolute Gasteiger partial charge is 0.245 e. The van der Waals surface area contributed by atoms with Gasteiger partial charge in [-0.2, -0.15) is 4.31 Å². The first kappa shape index (κ1) is 17.0. The van der Waals surface area contributed by atoms with Crippen molar-refractivity contribution in [1.82, 2.24) is 19.3 Å². The topological polar surface area (TPSA) is 88.2 Å². The number of hydrogen-bond acceptors (Lipinski definition) is 5. The van der Waals surface area contributed by atoms with Crippen LogP contribution in [-0.2, 0) is 14.8 Å². The van der Waals surface area contributed by atoms with Crippen LogP contribution in [0.1, 0.15) is 29.7 Å². The fourth-order valence-corrected chi connectivity index (χ4v) is 4.46. The molecular weight excluding hydrogens is 335 g/mol. The summed E-state index contributed by atoms with van der Waals surface area (Å²) in [7, 11) is -2.37. The van der Waals surface area contributed by atoms with E-state index in [1.807, 2.05) is 13.8 Å². The van der Waals surface area contributed by atoms with Crippen LogP contribution < -0.4 is 0 Å². The third kappa shape index (κ3) is 2.94. The molecule has 0 amide bonds. The van der Waals surface area contributed by atoms with E-state index >= 15 is 0 Å². The van der Waals surface area contributed by atoms with Crippen molar-refractivity contribution in [3.05, 3.63) is 41.5 Å². The number of ether oxygens (including phenoxy) is 1. The summed E-state index contributed by atoms with van der Waals surface area (Å²) in [6, 6.07) is 0.480. The molecule has 3 heterocycles. The zero-order valence-electron chi connectivity index (χ0n) is 13.7. The number of pyridine rings is 1. The number of H-pyrrole nitrogens is 1. The van der Waals surface area contributed by atoms with Crippen molar-refractivity contribution in [1.29, 1.82) is 0 Å². The standard InChI is InChI=1S/C15H19FN4O3S/c1-9-10(2)19-15(18-9)14-5-12(23-3)8-20(14)24(21,22)13-4-11(16)6-17-7-13/h4,6-7,12,14H,5,8H2,1-3H3,(H,18,19)/t12-,14+/m1/s1. The van der Waals surface area contributed by atoms with Crippen LogP contribution in [0.5, 0.6) is 0 Å². The average molecular weight is 354 g/mol. The molecule has 1 aliphatic rings. The molecule has 3 rings (SSSR count). The van der Waals surface area contributed by atoms with Crippen molar-refractivity contribution < 1.29 is 17.5 Å². The summed E-state index contributed by atoms with van der Waals surface area (Å²) in [5.74, 6) is -0.128. The van der Waals surface area contributed by atoms with E-state index in [9.17, 15) is 12.8 Å². The minimum absolute atomic E-state index is 0.177. The molecule has 1 saturated heterocycles. The second kappa shape index (κ2) is 6.23. The Bertz CT molecular complexity index is 833. The maximum Gasteiger partial charge on any atom is 0.245 e. The highest BCUT2D eigenvalue weighted by molar-refractivity contribution is 7.89. The van der Waals surface area contributed by atoms with Crippen molar-refractivity contribution in [3.8, 4) is 0 Å². The molecule has 130 valence electrons. The fourth-order valence-electron chi connectivity index (χ4n) is 2.86. The number of nitrogens with one attached hydrogen (secondary N) is 1. The SMILES string of the molecule is CO[C@@H]1C[C@@H](c2nc(C)c(C)[nH]2)N(S(=O)(=O)c2cncc(F)c2)C1. The Morgan fingerprint density at radius 2 is 2.12 bits per heavy atom. The van der Waals surface area contributed by atoms with Gasteiger partial charge in [-0.15, -0.1) is 0 Å². The normalized spacial score (nSPS) is 22.2. The number of sulfonamides is 1. The lowest BCUT2D eigenvalue weighted by molar-refractivity contribution is 0.114. The lowest BCUT2D eigenvalue weighted by Crippen LogP contribution is -2.32. The molecule has 1 N–H and O–H groups in total. The van der Waals surface area contributed by atoms with E-state index in [-0.39, 0.29) is 17.5 Å². The first-order chi connectivity index (χ1) is 11.3. The molecule has 2 atom stereocenters. The third-order valence-electron chi connectivity index (χ3n) is 4.30. The summed E-state index contributed by atoms with van der Waals surface area (Å²) >= 11 is 0. The highest BCUT2D eigenvalue weighted by atomic mass is 32.2. The van der Waals surface area contributed by atoms with Gasteiger partial charge in [0.1, 0.15) is 16.5 Å². The highest BCUT2D eigenvalue weighted by Gasteiger charge is 2.43. The van der Waals surface area contributed by atoms with E-state index in [2.05, 4.69) is 15.0 Å². The number of aromatic nitrogens is 3. The lowest BCUT2D eigenvalue weighted by Gasteiger charge is -2.22. The summed E-state index contributed by atoms with van der Waals surface area (Å²) in [6.07, 6.45) is 2.34. The molecule has 2 aromatic rings. The molecule has 9 heteroatoms. The summed E-state index contributed by atoms with van der Waals surface area (Å²) in [6.45, 7) is 3.91. The highest BCUT2D eigenvalue weighted by Crippen LogP contribution is 2.36. The van der Waals surface area contributed by atoms with Crippen molar-refractivity contribution >= 4 is 10.0 Å². The van der Waals surface area contributed by atoms with Crippen LogP contribution in [0.3, 0.4) is 0 Å². The minimum Gasteiger partial charge on any atom is -0.380 e. The van der Waals surface area contributed by atoms with Gasteiger partial charge in [-0.25, -0.2) is 17.8 Å². The van der Waals surface area contributed by atoms with E-state index in [0.717, 1.165) is 29.8 Å². The van der Waals surface area contributed by atoms with Gasteiger partial charge < -0.3 is 9.72 Å². The average Bonchev–Trinajstić information content (AvgIpc) is 3.12. The predicted molar refractivity (Wildman–Crippen MR) is 84.3 cm³/mol. The Balaban J connectivity index is 2.02. The van der Waals surface area contributed by atoms with Crippen molar-refractivity contribution in [2.75, 3.05) is 13.7 Å². The van der Waals surface area contributed by atoms with Gasteiger partial charge in [-0.05, 0) is 26.3 Å². The number of rotatable bonds is 4. The Hall–Kier alpha value is -1.84. The zero-order chi connectivity index (χ0) is 17.5. The van der Waals surface area contributed by atoms with Crippen LogP contribution in [0.15, 0.2) is 23.4 Å². The largest absolute Gasteiger partial charge is 0.380 e. The number of aromatic amines is 1. The Labute approximate surface area is 139 Å². The van der Waals surface area contributed by atoms with Gasteiger partial charge in [0.05, 0.1) is 24.0 Å². The van der Waals surface area contributed by atoms with Crippen molar-refractivity contribution in [2.45, 2.75) is 37.3 Å². The van der Waals surface area contributed by atoms with Gasteiger partial charge in [0.25, 0.3) is 0 Å². The van der Waals surface area contributed by atoms with Crippen LogP contribution >= 0.6 is 0 Å². The van der Waals surface area contributed by atoms with Gasteiger partial charge >= 0.3 is 0 Å². The molecule has 0 aromatic carbocycles. The van der Waals surface area contributed by atoms with Gasteiger partial charge in [0, 0.05) is 25.5 Å². The monoisotopic (exact) mass is 354 g/mol. The van der Waals surface area contributed by atoms with E-state index in [4.69, 9.17) is 4.74 Å². The number of imidazole rings is 1. The molecule has 0 bridgehead atoms. The number of hydrogen-bond donors (Lipinski definition) is 1. The van der Waals surface area contributed by atoms with Crippen LogP contribution in [0.2, 0.25) is 0 Å². The van der Waals surface area contributed by atoms with Gasteiger partial charge in [0.15, 0.2) is 0 Å². The molecule has 1 fully saturated rings. The van der Waals surface area contributed by atoms with Crippen molar-refractivity contribution in [2.24, 2.45) is 0 Å². The van der Waals surface area contributed by atoms with E-state index < -0.39 is 21.9 Å². The minimum atomic E-state index is -3.91. The zero-order valence-corrected chi connectivity index (χ0v) is 14.5. The molecule has 0 saturated carbocycles. The van der Waals surface area contributed by atoms with E-state index in [1.165, 1.54) is 4.31 Å². The molecule has 24 heavy (non-hydrogen) atoms. The summed E-state index contributed by atoms with van der Waals surface area (Å²) in [4.78, 5) is 11.0. The molecule has 7 nitrogen and oxygen atoms in total. The second-order valence-electron chi connectivity index (χ2n) is 5.86. The summed E-state index contributed by atoms with van der Waals surface area (Å²) in [5.41, 5.74) is 1.70. The van der Waals surface area contributed by atoms with Crippen LogP contribution in [-0.4, -0.2) is 47.4 Å². The summed E-state index contributed by atoms with van der Waals surface area (Å²) < 4.78 is 46.0. The molecule has 0 spiro atoms. The first-order valence-electron chi connectivity index (χ1n) is 7.51. The molecule has 0 radical (unpaired) electrons. The molecule has 0 unspecified atom stereocenters. The predicted octanol–water partition coefficient (Wildman–Crippen LogP) is 1.71. The van der Waals surface area contributed by atoms with E-state index in [0.29, 0.717) is 12.2 Å². The molecule has 1 aliphatic heterocycles. The Morgan fingerprint density at radius 1 is 1.38 bits per heavy atom. The summed E-state index contributed by atoms with van der Waals surface area (Å²) in [5, 5.41) is 0. The second-order valence-corrected chi connectivity index (χ2v) is 7.75. The number of aryl methyl sites for hydroxylation is 2. The molecule has 2 aromatic heterocycles. The maximum atomic E-state index is 13.4. The fraction of sp³-hybridized carbons (Fsp3) is 0.467. The van der Waals surface area contributed by atoms with Crippen LogP contribution in [0, 0.1) is 19.7 Å². The number of methoxy groups -OCH3 is 1. The molecular formula is C15H19FN4O3S. The number of nitrogens with zero attached hydrogens (tertiary/aromatic N) is 3. The van der Waals surface area contributed by atoms with Crippen LogP contribution in [0.25, 0.3) is 0 Å². The Kier molecular flexibility index (Phi) is 4.41. The van der Waals surface area contributed by atoms with Gasteiger partial charge in [-0.3, -0.25) is 4.98 Å². The maximum absolute atomic E-state index is 13.4.